The molecule has 1 atom stereocenters. The summed E-state index contributed by atoms with van der Waals surface area (Å²) < 4.78 is 38.7. The topological polar surface area (TPSA) is 56.7 Å². The van der Waals surface area contributed by atoms with Crippen LogP contribution in [0.3, 0.4) is 0 Å². The second-order valence-electron chi connectivity index (χ2n) is 4.22. The normalized spacial score (nSPS) is 13.4. The molecule has 0 aliphatic carbocycles. The van der Waals surface area contributed by atoms with Crippen LogP contribution >= 0.6 is 0 Å². The van der Waals surface area contributed by atoms with E-state index in [-0.39, 0.29) is 5.82 Å². The molecule has 0 aromatic carbocycles. The van der Waals surface area contributed by atoms with Crippen molar-refractivity contribution in [1.29, 1.82) is 0 Å². The molecule has 2 aromatic rings. The zero-order valence-electron chi connectivity index (χ0n) is 10.1. The number of terminal acetylenes is 1. The van der Waals surface area contributed by atoms with E-state index in [1.807, 2.05) is 0 Å². The van der Waals surface area contributed by atoms with Crippen molar-refractivity contribution in [2.75, 3.05) is 5.73 Å². The molecule has 4 nitrogen and oxygen atoms in total. The van der Waals surface area contributed by atoms with Gasteiger partial charge in [0.15, 0.2) is 0 Å². The molecule has 0 amide bonds. The standard InChI is InChI=1S/C12H11F3N4/c1-3-8-5-19(7(2)4-12(13,14)15)11-9(8)10(16)17-6-18-11/h1,5-7H,4H2,2H3,(H2,16,17,18). The molecular weight excluding hydrogens is 257 g/mol. The van der Waals surface area contributed by atoms with Gasteiger partial charge in [0.2, 0.25) is 0 Å². The molecule has 2 aromatic heterocycles. The average Bonchev–Trinajstić information content (AvgIpc) is 2.67. The van der Waals surface area contributed by atoms with Crippen molar-refractivity contribution in [3.05, 3.63) is 18.1 Å². The Kier molecular flexibility index (Phi) is 3.10. The van der Waals surface area contributed by atoms with Gasteiger partial charge in [0.1, 0.15) is 17.8 Å². The predicted molar refractivity (Wildman–Crippen MR) is 65.3 cm³/mol. The Hall–Kier alpha value is -2.23. The Morgan fingerprint density at radius 3 is 2.74 bits per heavy atom. The van der Waals surface area contributed by atoms with Gasteiger partial charge in [0.25, 0.3) is 0 Å². The van der Waals surface area contributed by atoms with Gasteiger partial charge in [-0.1, -0.05) is 5.92 Å². The number of nitrogens with two attached hydrogens (primary N) is 1. The first-order chi connectivity index (χ1) is 8.83. The van der Waals surface area contributed by atoms with E-state index in [1.165, 1.54) is 24.0 Å². The number of rotatable bonds is 2. The van der Waals surface area contributed by atoms with E-state index in [0.29, 0.717) is 16.6 Å². The first-order valence-electron chi connectivity index (χ1n) is 5.48. The predicted octanol–water partition coefficient (Wildman–Crippen LogP) is 2.51. The van der Waals surface area contributed by atoms with Crippen LogP contribution in [0.15, 0.2) is 12.5 Å². The van der Waals surface area contributed by atoms with Crippen LogP contribution in [0.4, 0.5) is 19.0 Å². The number of nitrogens with zero attached hydrogens (tertiary/aromatic N) is 3. The maximum atomic E-state index is 12.4. The molecule has 7 heteroatoms. The molecule has 2 heterocycles. The first-order valence-corrected chi connectivity index (χ1v) is 5.48. The second kappa shape index (κ2) is 4.46. The van der Waals surface area contributed by atoms with Crippen LogP contribution in [-0.2, 0) is 0 Å². The van der Waals surface area contributed by atoms with Gasteiger partial charge in [-0.3, -0.25) is 0 Å². The minimum absolute atomic E-state index is 0.163. The second-order valence-corrected chi connectivity index (χ2v) is 4.22. The molecule has 19 heavy (non-hydrogen) atoms. The Morgan fingerprint density at radius 2 is 2.16 bits per heavy atom. The van der Waals surface area contributed by atoms with Gasteiger partial charge in [-0.15, -0.1) is 6.42 Å². The number of hydrogen-bond donors (Lipinski definition) is 1. The first kappa shape index (κ1) is 13.2. The number of anilines is 1. The van der Waals surface area contributed by atoms with Crippen LogP contribution < -0.4 is 5.73 Å². The Balaban J connectivity index is 2.57. The number of hydrogen-bond acceptors (Lipinski definition) is 3. The quantitative estimate of drug-likeness (QED) is 0.851. The van der Waals surface area contributed by atoms with E-state index >= 15 is 0 Å². The summed E-state index contributed by atoms with van der Waals surface area (Å²) >= 11 is 0. The lowest BCUT2D eigenvalue weighted by atomic mass is 10.2. The van der Waals surface area contributed by atoms with Crippen molar-refractivity contribution < 1.29 is 13.2 Å². The molecule has 2 N–H and O–H groups in total. The lowest BCUT2D eigenvalue weighted by molar-refractivity contribution is -0.141. The van der Waals surface area contributed by atoms with E-state index in [0.717, 1.165) is 0 Å². The number of nitrogen functional groups attached to an aromatic ring is 1. The minimum Gasteiger partial charge on any atom is -0.383 e. The van der Waals surface area contributed by atoms with Crippen molar-refractivity contribution in [1.82, 2.24) is 14.5 Å². The van der Waals surface area contributed by atoms with Crippen molar-refractivity contribution >= 4 is 16.9 Å². The molecule has 1 unspecified atom stereocenters. The highest BCUT2D eigenvalue weighted by atomic mass is 19.4. The monoisotopic (exact) mass is 268 g/mol. The van der Waals surface area contributed by atoms with Gasteiger partial charge in [0.05, 0.1) is 17.4 Å². The highest BCUT2D eigenvalue weighted by Gasteiger charge is 2.31. The maximum absolute atomic E-state index is 12.4. The molecule has 2 rings (SSSR count). The summed E-state index contributed by atoms with van der Waals surface area (Å²) in [7, 11) is 0. The SMILES string of the molecule is C#Cc1cn(C(C)CC(F)(F)F)c2ncnc(N)c12. The van der Waals surface area contributed by atoms with Crippen molar-refractivity contribution in [3.8, 4) is 12.3 Å². The molecule has 0 spiro atoms. The molecule has 0 aliphatic rings. The average molecular weight is 268 g/mol. The fraction of sp³-hybridized carbons (Fsp3) is 0.333. The van der Waals surface area contributed by atoms with E-state index in [2.05, 4.69) is 15.9 Å². The zero-order chi connectivity index (χ0) is 14.2. The van der Waals surface area contributed by atoms with Crippen LogP contribution in [0.1, 0.15) is 24.9 Å². The van der Waals surface area contributed by atoms with E-state index < -0.39 is 18.6 Å². The van der Waals surface area contributed by atoms with Gasteiger partial charge in [-0.05, 0) is 6.92 Å². The lowest BCUT2D eigenvalue weighted by Crippen LogP contribution is -2.16. The summed E-state index contributed by atoms with van der Waals surface area (Å²) in [5.41, 5.74) is 6.40. The highest BCUT2D eigenvalue weighted by molar-refractivity contribution is 5.92. The summed E-state index contributed by atoms with van der Waals surface area (Å²) in [5.74, 6) is 2.55. The van der Waals surface area contributed by atoms with Crippen LogP contribution in [-0.4, -0.2) is 20.7 Å². The Morgan fingerprint density at radius 1 is 1.47 bits per heavy atom. The summed E-state index contributed by atoms with van der Waals surface area (Å²) in [6.45, 7) is 1.45. The highest BCUT2D eigenvalue weighted by Crippen LogP contribution is 2.32. The number of aromatic nitrogens is 3. The Bertz CT molecular complexity index is 651. The number of halogens is 3. The largest absolute Gasteiger partial charge is 0.391 e. The van der Waals surface area contributed by atoms with E-state index in [1.54, 1.807) is 0 Å². The van der Waals surface area contributed by atoms with Gasteiger partial charge in [-0.25, -0.2) is 9.97 Å². The Labute approximate surface area is 107 Å². The smallest absolute Gasteiger partial charge is 0.383 e. The maximum Gasteiger partial charge on any atom is 0.391 e. The van der Waals surface area contributed by atoms with Crippen LogP contribution in [0.25, 0.3) is 11.0 Å². The minimum atomic E-state index is -4.26. The van der Waals surface area contributed by atoms with Crippen molar-refractivity contribution in [3.63, 3.8) is 0 Å². The van der Waals surface area contributed by atoms with Crippen LogP contribution in [0.5, 0.6) is 0 Å². The zero-order valence-corrected chi connectivity index (χ0v) is 10.1. The van der Waals surface area contributed by atoms with Gasteiger partial charge >= 0.3 is 6.18 Å². The van der Waals surface area contributed by atoms with Crippen molar-refractivity contribution in [2.45, 2.75) is 25.6 Å². The molecule has 0 fully saturated rings. The van der Waals surface area contributed by atoms with Gasteiger partial charge < -0.3 is 10.3 Å². The summed E-state index contributed by atoms with van der Waals surface area (Å²) in [6.07, 6.45) is 2.76. The molecule has 0 saturated heterocycles. The van der Waals surface area contributed by atoms with E-state index in [9.17, 15) is 13.2 Å². The summed E-state index contributed by atoms with van der Waals surface area (Å²) in [5, 5.41) is 0.416. The number of alkyl halides is 3. The van der Waals surface area contributed by atoms with Crippen molar-refractivity contribution in [2.24, 2.45) is 0 Å². The van der Waals surface area contributed by atoms with Gasteiger partial charge in [-0.2, -0.15) is 13.2 Å². The third kappa shape index (κ3) is 2.47. The third-order valence-corrected chi connectivity index (χ3v) is 2.80. The molecular formula is C12H11F3N4. The lowest BCUT2D eigenvalue weighted by Gasteiger charge is -2.16. The molecule has 0 aliphatic heterocycles. The fourth-order valence-electron chi connectivity index (χ4n) is 1.99. The molecule has 0 radical (unpaired) electrons. The molecule has 100 valence electrons. The molecule has 0 saturated carbocycles. The van der Waals surface area contributed by atoms with Crippen LogP contribution in [0, 0.1) is 12.3 Å². The number of fused-ring (bicyclic) bond motifs is 1. The molecule has 0 bridgehead atoms. The third-order valence-electron chi connectivity index (χ3n) is 2.80. The fourth-order valence-corrected chi connectivity index (χ4v) is 1.99. The van der Waals surface area contributed by atoms with Crippen LogP contribution in [0.2, 0.25) is 0 Å². The summed E-state index contributed by atoms with van der Waals surface area (Å²) in [4.78, 5) is 7.77. The summed E-state index contributed by atoms with van der Waals surface area (Å²) in [6, 6.07) is -0.820. The van der Waals surface area contributed by atoms with E-state index in [4.69, 9.17) is 12.2 Å². The van der Waals surface area contributed by atoms with Gasteiger partial charge in [0, 0.05) is 12.2 Å².